The lowest BCUT2D eigenvalue weighted by atomic mass is 10.2. The van der Waals surface area contributed by atoms with E-state index in [1.54, 1.807) is 6.20 Å². The first kappa shape index (κ1) is 8.05. The van der Waals surface area contributed by atoms with E-state index in [4.69, 9.17) is 4.74 Å². The zero-order valence-electron chi connectivity index (χ0n) is 7.00. The third-order valence-electron chi connectivity index (χ3n) is 1.49. The molecule has 1 aliphatic heterocycles. The minimum atomic E-state index is 0.820. The summed E-state index contributed by atoms with van der Waals surface area (Å²) in [7, 11) is 0. The maximum Gasteiger partial charge on any atom is 0.125 e. The van der Waals surface area contributed by atoms with E-state index in [9.17, 15) is 0 Å². The molecular weight excluding hydrogens is 138 g/mol. The van der Waals surface area contributed by atoms with Gasteiger partial charge in [0.2, 0.25) is 0 Å². The summed E-state index contributed by atoms with van der Waals surface area (Å²) in [5.41, 5.74) is 1.23. The topological polar surface area (TPSA) is 22.1 Å². The van der Waals surface area contributed by atoms with Crippen LogP contribution in [0.15, 0.2) is 18.5 Å². The maximum absolute atomic E-state index is 5.26. The average Bonchev–Trinajstić information content (AvgIpc) is 2.55. The highest BCUT2D eigenvalue weighted by atomic mass is 16.5. The van der Waals surface area contributed by atoms with E-state index < -0.39 is 0 Å². The smallest absolute Gasteiger partial charge is 0.125 e. The minimum absolute atomic E-state index is 0.820. The van der Waals surface area contributed by atoms with Gasteiger partial charge in [-0.15, -0.1) is 0 Å². The molecule has 0 bridgehead atoms. The Bertz CT molecular complexity index is 200. The summed E-state index contributed by atoms with van der Waals surface area (Å²) in [6.07, 6.45) is 4.63. The summed E-state index contributed by atoms with van der Waals surface area (Å²) in [6, 6.07) is 1.91. The van der Waals surface area contributed by atoms with Gasteiger partial charge in [0, 0.05) is 24.4 Å². The fourth-order valence-corrected chi connectivity index (χ4v) is 1.01. The van der Waals surface area contributed by atoms with Crippen LogP contribution in [0.3, 0.4) is 0 Å². The molecule has 0 fully saturated rings. The summed E-state index contributed by atoms with van der Waals surface area (Å²) in [6.45, 7) is 4.82. The molecule has 0 aromatic carbocycles. The number of hydrogen-bond acceptors (Lipinski definition) is 2. The molecule has 0 amide bonds. The Morgan fingerprint density at radius 2 is 2.27 bits per heavy atom. The zero-order chi connectivity index (χ0) is 8.10. The van der Waals surface area contributed by atoms with E-state index in [0.717, 1.165) is 18.8 Å². The van der Waals surface area contributed by atoms with Crippen molar-refractivity contribution in [3.63, 3.8) is 0 Å². The SMILES string of the molecule is CC.c1cc2c(cn1)CCO2. The number of ether oxygens (including phenoxy) is 1. The molecule has 1 aromatic heterocycles. The van der Waals surface area contributed by atoms with E-state index in [0.29, 0.717) is 0 Å². The van der Waals surface area contributed by atoms with E-state index in [1.807, 2.05) is 26.1 Å². The molecule has 0 unspecified atom stereocenters. The van der Waals surface area contributed by atoms with Crippen molar-refractivity contribution in [3.8, 4) is 5.75 Å². The van der Waals surface area contributed by atoms with Crippen LogP contribution in [0, 0.1) is 0 Å². The van der Waals surface area contributed by atoms with Gasteiger partial charge in [0.15, 0.2) is 0 Å². The molecule has 60 valence electrons. The predicted molar refractivity (Wildman–Crippen MR) is 44.8 cm³/mol. The summed E-state index contributed by atoms with van der Waals surface area (Å²) >= 11 is 0. The van der Waals surface area contributed by atoms with Crippen LogP contribution in [0.2, 0.25) is 0 Å². The highest BCUT2D eigenvalue weighted by Crippen LogP contribution is 2.22. The summed E-state index contributed by atoms with van der Waals surface area (Å²) in [5, 5.41) is 0. The molecule has 2 heterocycles. The predicted octanol–water partition coefficient (Wildman–Crippen LogP) is 2.04. The second-order valence-electron chi connectivity index (χ2n) is 2.08. The van der Waals surface area contributed by atoms with Crippen LogP contribution >= 0.6 is 0 Å². The quantitative estimate of drug-likeness (QED) is 0.566. The van der Waals surface area contributed by atoms with Crippen molar-refractivity contribution in [2.45, 2.75) is 20.3 Å². The molecule has 0 radical (unpaired) electrons. The van der Waals surface area contributed by atoms with Gasteiger partial charge in [0.05, 0.1) is 6.61 Å². The minimum Gasteiger partial charge on any atom is -0.493 e. The van der Waals surface area contributed by atoms with Crippen molar-refractivity contribution < 1.29 is 4.74 Å². The van der Waals surface area contributed by atoms with Crippen LogP contribution in [-0.4, -0.2) is 11.6 Å². The standard InChI is InChI=1S/C7H7NO.C2H6/c1-3-8-5-6-2-4-9-7(1)6;1-2/h1,3,5H,2,4H2;1-2H3. The van der Waals surface area contributed by atoms with E-state index in [-0.39, 0.29) is 0 Å². The molecular formula is C9H13NO. The summed E-state index contributed by atoms with van der Waals surface area (Å²) in [5.74, 6) is 1.00. The van der Waals surface area contributed by atoms with Gasteiger partial charge in [-0.2, -0.15) is 0 Å². The number of fused-ring (bicyclic) bond motifs is 1. The van der Waals surface area contributed by atoms with E-state index in [1.165, 1.54) is 5.56 Å². The van der Waals surface area contributed by atoms with Crippen molar-refractivity contribution in [2.24, 2.45) is 0 Å². The molecule has 0 aliphatic carbocycles. The van der Waals surface area contributed by atoms with Crippen LogP contribution in [0.25, 0.3) is 0 Å². The second kappa shape index (κ2) is 3.96. The molecule has 1 aliphatic rings. The Hall–Kier alpha value is -1.05. The summed E-state index contributed by atoms with van der Waals surface area (Å²) in [4.78, 5) is 3.98. The van der Waals surface area contributed by atoms with Crippen LogP contribution in [0.5, 0.6) is 5.75 Å². The highest BCUT2D eigenvalue weighted by Gasteiger charge is 2.09. The van der Waals surface area contributed by atoms with Crippen molar-refractivity contribution in [2.75, 3.05) is 6.61 Å². The zero-order valence-corrected chi connectivity index (χ0v) is 7.00. The molecule has 0 N–H and O–H groups in total. The number of rotatable bonds is 0. The van der Waals surface area contributed by atoms with Crippen molar-refractivity contribution in [1.29, 1.82) is 0 Å². The fraction of sp³-hybridized carbons (Fsp3) is 0.444. The Labute approximate surface area is 67.2 Å². The first-order valence-corrected chi connectivity index (χ1v) is 4.02. The molecule has 2 nitrogen and oxygen atoms in total. The molecule has 2 heteroatoms. The van der Waals surface area contributed by atoms with Gasteiger partial charge in [-0.25, -0.2) is 0 Å². The lowest BCUT2D eigenvalue weighted by Crippen LogP contribution is -1.85. The highest BCUT2D eigenvalue weighted by molar-refractivity contribution is 5.32. The third-order valence-corrected chi connectivity index (χ3v) is 1.49. The van der Waals surface area contributed by atoms with E-state index >= 15 is 0 Å². The van der Waals surface area contributed by atoms with Gasteiger partial charge in [-0.1, -0.05) is 13.8 Å². The average molecular weight is 151 g/mol. The van der Waals surface area contributed by atoms with Crippen LogP contribution < -0.4 is 4.74 Å². The molecule has 11 heavy (non-hydrogen) atoms. The Morgan fingerprint density at radius 1 is 1.45 bits per heavy atom. The van der Waals surface area contributed by atoms with Crippen LogP contribution in [0.4, 0.5) is 0 Å². The van der Waals surface area contributed by atoms with Gasteiger partial charge >= 0.3 is 0 Å². The molecule has 0 atom stereocenters. The Kier molecular flexibility index (Phi) is 2.90. The van der Waals surface area contributed by atoms with Crippen molar-refractivity contribution in [3.05, 3.63) is 24.0 Å². The monoisotopic (exact) mass is 151 g/mol. The van der Waals surface area contributed by atoms with Crippen molar-refractivity contribution >= 4 is 0 Å². The second-order valence-corrected chi connectivity index (χ2v) is 2.08. The number of aromatic nitrogens is 1. The molecule has 0 spiro atoms. The first-order valence-electron chi connectivity index (χ1n) is 4.02. The molecule has 0 saturated carbocycles. The van der Waals surface area contributed by atoms with Gasteiger partial charge in [-0.3, -0.25) is 4.98 Å². The molecule has 1 aromatic rings. The molecule has 2 rings (SSSR count). The third kappa shape index (κ3) is 1.70. The fourth-order valence-electron chi connectivity index (χ4n) is 1.01. The van der Waals surface area contributed by atoms with Crippen LogP contribution in [0.1, 0.15) is 19.4 Å². The number of pyridine rings is 1. The summed E-state index contributed by atoms with van der Waals surface area (Å²) < 4.78 is 5.26. The Balaban J connectivity index is 0.000000281. The van der Waals surface area contributed by atoms with Crippen molar-refractivity contribution in [1.82, 2.24) is 4.98 Å². The largest absolute Gasteiger partial charge is 0.493 e. The van der Waals surface area contributed by atoms with E-state index in [2.05, 4.69) is 4.98 Å². The van der Waals surface area contributed by atoms with Gasteiger partial charge < -0.3 is 4.74 Å². The Morgan fingerprint density at radius 3 is 3.00 bits per heavy atom. The number of nitrogens with zero attached hydrogens (tertiary/aromatic N) is 1. The number of hydrogen-bond donors (Lipinski definition) is 0. The maximum atomic E-state index is 5.26. The first-order chi connectivity index (χ1) is 5.47. The lowest BCUT2D eigenvalue weighted by molar-refractivity contribution is 0.356. The van der Waals surface area contributed by atoms with Gasteiger partial charge in [0.25, 0.3) is 0 Å². The van der Waals surface area contributed by atoms with Gasteiger partial charge in [0.1, 0.15) is 5.75 Å². The normalized spacial score (nSPS) is 12.5. The lowest BCUT2D eigenvalue weighted by Gasteiger charge is -1.93. The molecule has 0 saturated heterocycles. The van der Waals surface area contributed by atoms with Crippen LogP contribution in [-0.2, 0) is 6.42 Å². The van der Waals surface area contributed by atoms with Gasteiger partial charge in [-0.05, 0) is 6.07 Å².